The molecule has 2 amide bonds. The van der Waals surface area contributed by atoms with Crippen LogP contribution in [0.2, 0.25) is 0 Å². The SMILES string of the molecule is COC(=O)C(C)CN(C)C(=O)NCC[C@H](O)C(=O)O. The Balaban J connectivity index is 4.01. The second kappa shape index (κ2) is 8.30. The number of urea groups is 1. The molecule has 0 rings (SSSR count). The number of rotatable bonds is 7. The highest BCUT2D eigenvalue weighted by molar-refractivity contribution is 5.76. The van der Waals surface area contributed by atoms with E-state index in [2.05, 4.69) is 10.1 Å². The number of carboxylic acid groups (broad SMARTS) is 1. The lowest BCUT2D eigenvalue weighted by molar-refractivity contribution is -0.147. The quantitative estimate of drug-likeness (QED) is 0.528. The van der Waals surface area contributed by atoms with E-state index in [-0.39, 0.29) is 19.5 Å². The summed E-state index contributed by atoms with van der Waals surface area (Å²) in [6.45, 7) is 1.84. The molecule has 0 aliphatic heterocycles. The minimum atomic E-state index is -1.50. The van der Waals surface area contributed by atoms with Crippen molar-refractivity contribution in [3.05, 3.63) is 0 Å². The molecule has 0 aliphatic rings. The van der Waals surface area contributed by atoms with E-state index >= 15 is 0 Å². The second-order valence-corrected chi connectivity index (χ2v) is 4.18. The molecule has 0 aromatic heterocycles. The van der Waals surface area contributed by atoms with Crippen molar-refractivity contribution >= 4 is 18.0 Å². The third-order valence-electron chi connectivity index (χ3n) is 2.48. The Labute approximate surface area is 111 Å². The first-order chi connectivity index (χ1) is 8.79. The van der Waals surface area contributed by atoms with Crippen LogP contribution in [0.5, 0.6) is 0 Å². The van der Waals surface area contributed by atoms with Gasteiger partial charge in [0.05, 0.1) is 13.0 Å². The first kappa shape index (κ1) is 17.2. The van der Waals surface area contributed by atoms with Crippen molar-refractivity contribution in [2.45, 2.75) is 19.4 Å². The zero-order valence-electron chi connectivity index (χ0n) is 11.3. The number of carbonyl (C=O) groups is 3. The van der Waals surface area contributed by atoms with E-state index in [9.17, 15) is 14.4 Å². The fourth-order valence-corrected chi connectivity index (χ4v) is 1.34. The van der Waals surface area contributed by atoms with Crippen LogP contribution in [-0.4, -0.2) is 66.4 Å². The van der Waals surface area contributed by atoms with Crippen LogP contribution >= 0.6 is 0 Å². The summed E-state index contributed by atoms with van der Waals surface area (Å²) in [5.41, 5.74) is 0. The molecule has 0 saturated heterocycles. The molecule has 0 fully saturated rings. The van der Waals surface area contributed by atoms with Crippen molar-refractivity contribution in [3.63, 3.8) is 0 Å². The molecule has 3 N–H and O–H groups in total. The summed E-state index contributed by atoms with van der Waals surface area (Å²) in [6.07, 6.45) is -1.58. The molecule has 0 heterocycles. The number of nitrogens with one attached hydrogen (secondary N) is 1. The summed E-state index contributed by atoms with van der Waals surface area (Å²) < 4.78 is 4.54. The Bertz CT molecular complexity index is 333. The first-order valence-electron chi connectivity index (χ1n) is 5.77. The number of methoxy groups -OCH3 is 1. The molecule has 0 radical (unpaired) electrons. The molecule has 0 saturated carbocycles. The Morgan fingerprint density at radius 3 is 2.42 bits per heavy atom. The summed E-state index contributed by atoms with van der Waals surface area (Å²) in [5.74, 6) is -2.20. The highest BCUT2D eigenvalue weighted by Crippen LogP contribution is 2.01. The summed E-state index contributed by atoms with van der Waals surface area (Å²) in [5, 5.41) is 19.9. The van der Waals surface area contributed by atoms with Gasteiger partial charge in [0.15, 0.2) is 6.10 Å². The molecular weight excluding hydrogens is 256 g/mol. The van der Waals surface area contributed by atoms with Crippen LogP contribution in [0.15, 0.2) is 0 Å². The number of esters is 1. The fraction of sp³-hybridized carbons (Fsp3) is 0.727. The standard InChI is InChI=1S/C11H20N2O6/c1-7(10(17)19-3)6-13(2)11(18)12-5-4-8(14)9(15)16/h7-8,14H,4-6H2,1-3H3,(H,12,18)(H,15,16)/t7?,8-/m0/s1. The maximum atomic E-state index is 11.6. The molecule has 2 atom stereocenters. The average Bonchev–Trinajstić information content (AvgIpc) is 2.36. The van der Waals surface area contributed by atoms with E-state index in [1.54, 1.807) is 6.92 Å². The van der Waals surface area contributed by atoms with Crippen molar-refractivity contribution < 1.29 is 29.3 Å². The third kappa shape index (κ3) is 6.61. The predicted molar refractivity (Wildman–Crippen MR) is 65.5 cm³/mol. The van der Waals surface area contributed by atoms with Crippen LogP contribution in [0, 0.1) is 5.92 Å². The third-order valence-corrected chi connectivity index (χ3v) is 2.48. The molecule has 19 heavy (non-hydrogen) atoms. The van der Waals surface area contributed by atoms with Crippen molar-refractivity contribution in [2.75, 3.05) is 27.2 Å². The van der Waals surface area contributed by atoms with Gasteiger partial charge >= 0.3 is 18.0 Å². The van der Waals surface area contributed by atoms with Gasteiger partial charge < -0.3 is 25.2 Å². The normalized spacial score (nSPS) is 13.3. The molecule has 0 bridgehead atoms. The summed E-state index contributed by atoms with van der Waals surface area (Å²) in [4.78, 5) is 34.4. The number of aliphatic hydroxyl groups is 1. The van der Waals surface area contributed by atoms with Crippen molar-refractivity contribution in [3.8, 4) is 0 Å². The summed E-state index contributed by atoms with van der Waals surface area (Å²) >= 11 is 0. The van der Waals surface area contributed by atoms with Gasteiger partial charge in [0.2, 0.25) is 0 Å². The molecule has 110 valence electrons. The lowest BCUT2D eigenvalue weighted by Crippen LogP contribution is -2.42. The number of carbonyl (C=O) groups excluding carboxylic acids is 2. The van der Waals surface area contributed by atoms with Crippen molar-refractivity contribution in [1.82, 2.24) is 10.2 Å². The molecule has 1 unspecified atom stereocenters. The molecule has 8 nitrogen and oxygen atoms in total. The van der Waals surface area contributed by atoms with E-state index in [4.69, 9.17) is 10.2 Å². The zero-order valence-corrected chi connectivity index (χ0v) is 11.3. The fourth-order valence-electron chi connectivity index (χ4n) is 1.34. The number of aliphatic carboxylic acids is 1. The maximum Gasteiger partial charge on any atom is 0.332 e. The van der Waals surface area contributed by atoms with E-state index < -0.39 is 30.0 Å². The zero-order chi connectivity index (χ0) is 15.0. The van der Waals surface area contributed by atoms with Gasteiger partial charge in [-0.15, -0.1) is 0 Å². The molecule has 8 heteroatoms. The lowest BCUT2D eigenvalue weighted by atomic mass is 10.2. The summed E-state index contributed by atoms with van der Waals surface area (Å²) in [6, 6.07) is -0.451. The number of aliphatic hydroxyl groups excluding tert-OH is 1. The molecule has 0 aromatic carbocycles. The van der Waals surface area contributed by atoms with Gasteiger partial charge in [0, 0.05) is 26.6 Å². The van der Waals surface area contributed by atoms with E-state index in [0.29, 0.717) is 0 Å². The second-order valence-electron chi connectivity index (χ2n) is 4.18. The lowest BCUT2D eigenvalue weighted by Gasteiger charge is -2.20. The van der Waals surface area contributed by atoms with Gasteiger partial charge in [0.1, 0.15) is 0 Å². The minimum Gasteiger partial charge on any atom is -0.479 e. The number of ether oxygens (including phenoxy) is 1. The highest BCUT2D eigenvalue weighted by Gasteiger charge is 2.19. The Hall–Kier alpha value is -1.83. The molecular formula is C11H20N2O6. The van der Waals surface area contributed by atoms with Crippen LogP contribution in [0.4, 0.5) is 4.79 Å². The highest BCUT2D eigenvalue weighted by atomic mass is 16.5. The Kier molecular flexibility index (Phi) is 7.50. The minimum absolute atomic E-state index is 0.0310. The van der Waals surface area contributed by atoms with Crippen LogP contribution in [-0.2, 0) is 14.3 Å². The van der Waals surface area contributed by atoms with E-state index in [1.807, 2.05) is 0 Å². The largest absolute Gasteiger partial charge is 0.479 e. The number of amides is 2. The van der Waals surface area contributed by atoms with Crippen LogP contribution in [0.1, 0.15) is 13.3 Å². The predicted octanol–water partition coefficient (Wildman–Crippen LogP) is -0.727. The Morgan fingerprint density at radius 1 is 1.37 bits per heavy atom. The molecule has 0 aromatic rings. The number of carboxylic acids is 1. The van der Waals surface area contributed by atoms with Gasteiger partial charge in [-0.25, -0.2) is 9.59 Å². The van der Waals surface area contributed by atoms with Gasteiger partial charge in [-0.3, -0.25) is 4.79 Å². The number of nitrogens with zero attached hydrogens (tertiary/aromatic N) is 1. The molecule has 0 spiro atoms. The van der Waals surface area contributed by atoms with Gasteiger partial charge in [-0.1, -0.05) is 6.92 Å². The number of hydrogen-bond acceptors (Lipinski definition) is 5. The topological polar surface area (TPSA) is 116 Å². The average molecular weight is 276 g/mol. The maximum absolute atomic E-state index is 11.6. The van der Waals surface area contributed by atoms with Crippen molar-refractivity contribution in [2.24, 2.45) is 5.92 Å². The molecule has 0 aliphatic carbocycles. The van der Waals surface area contributed by atoms with E-state index in [1.165, 1.54) is 19.1 Å². The van der Waals surface area contributed by atoms with Gasteiger partial charge in [0.25, 0.3) is 0 Å². The van der Waals surface area contributed by atoms with Crippen LogP contribution < -0.4 is 5.32 Å². The van der Waals surface area contributed by atoms with E-state index in [0.717, 1.165) is 0 Å². The van der Waals surface area contributed by atoms with Gasteiger partial charge in [-0.05, 0) is 0 Å². The van der Waals surface area contributed by atoms with Gasteiger partial charge in [-0.2, -0.15) is 0 Å². The first-order valence-corrected chi connectivity index (χ1v) is 5.77. The summed E-state index contributed by atoms with van der Waals surface area (Å²) in [7, 11) is 2.77. The van der Waals surface area contributed by atoms with Crippen LogP contribution in [0.3, 0.4) is 0 Å². The number of hydrogen-bond donors (Lipinski definition) is 3. The van der Waals surface area contributed by atoms with Crippen molar-refractivity contribution in [1.29, 1.82) is 0 Å². The smallest absolute Gasteiger partial charge is 0.332 e. The van der Waals surface area contributed by atoms with Crippen LogP contribution in [0.25, 0.3) is 0 Å². The monoisotopic (exact) mass is 276 g/mol. The Morgan fingerprint density at radius 2 is 1.95 bits per heavy atom.